The molecule has 1 heterocycles. The van der Waals surface area contributed by atoms with Crippen LogP contribution in [0.4, 0.5) is 4.39 Å². The molecule has 3 rings (SSSR count). The van der Waals surface area contributed by atoms with E-state index in [9.17, 15) is 9.18 Å². The van der Waals surface area contributed by atoms with Crippen molar-refractivity contribution in [3.63, 3.8) is 0 Å². The monoisotopic (exact) mass is 276 g/mol. The average molecular weight is 276 g/mol. The molecule has 0 aromatic heterocycles. The molecule has 0 bridgehead atoms. The van der Waals surface area contributed by atoms with Crippen LogP contribution in [0.5, 0.6) is 0 Å². The lowest BCUT2D eigenvalue weighted by molar-refractivity contribution is 0.00578. The van der Waals surface area contributed by atoms with E-state index in [-0.39, 0.29) is 11.6 Å². The van der Waals surface area contributed by atoms with Crippen molar-refractivity contribution in [3.8, 4) is 0 Å². The summed E-state index contributed by atoms with van der Waals surface area (Å²) in [6, 6.07) is 2.90. The third kappa shape index (κ3) is 1.84. The van der Waals surface area contributed by atoms with Gasteiger partial charge in [0.25, 0.3) is 0 Å². The molecular formula is C15H18BFO3. The Bertz CT molecular complexity index is 579. The maximum atomic E-state index is 14.3. The van der Waals surface area contributed by atoms with Crippen LogP contribution in [0.1, 0.15) is 50.0 Å². The van der Waals surface area contributed by atoms with E-state index in [2.05, 4.69) is 0 Å². The zero-order chi connectivity index (χ0) is 14.7. The standard InChI is InChI=1S/C15H18BFO3/c1-14(2)15(3,4)20-16(19-14)13-10-6-8-12(18)9(10)5-7-11(13)17/h5,7H,6,8H2,1-4H3. The first-order valence-electron chi connectivity index (χ1n) is 6.93. The summed E-state index contributed by atoms with van der Waals surface area (Å²) in [5.41, 5.74) is 0.710. The van der Waals surface area contributed by atoms with Gasteiger partial charge in [0.2, 0.25) is 0 Å². The minimum Gasteiger partial charge on any atom is -0.399 e. The lowest BCUT2D eigenvalue weighted by Crippen LogP contribution is -2.41. The van der Waals surface area contributed by atoms with Crippen molar-refractivity contribution in [2.24, 2.45) is 0 Å². The fourth-order valence-electron chi connectivity index (χ4n) is 2.76. The van der Waals surface area contributed by atoms with Crippen LogP contribution in [0.15, 0.2) is 12.1 Å². The number of carbonyl (C=O) groups is 1. The van der Waals surface area contributed by atoms with Gasteiger partial charge in [-0.25, -0.2) is 4.39 Å². The number of carbonyl (C=O) groups excluding carboxylic acids is 1. The SMILES string of the molecule is CC1(C)OB(c2c(F)ccc3c2CCC3=O)OC1(C)C. The van der Waals surface area contributed by atoms with Crippen molar-refractivity contribution in [1.29, 1.82) is 0 Å². The van der Waals surface area contributed by atoms with E-state index >= 15 is 0 Å². The third-order valence-electron chi connectivity index (χ3n) is 4.70. The van der Waals surface area contributed by atoms with Gasteiger partial charge < -0.3 is 9.31 Å². The van der Waals surface area contributed by atoms with E-state index in [0.717, 1.165) is 5.56 Å². The lowest BCUT2D eigenvalue weighted by atomic mass is 9.74. The molecule has 0 amide bonds. The van der Waals surface area contributed by atoms with Crippen molar-refractivity contribution in [2.45, 2.75) is 51.7 Å². The van der Waals surface area contributed by atoms with E-state index in [1.165, 1.54) is 6.07 Å². The van der Waals surface area contributed by atoms with Crippen molar-refractivity contribution >= 4 is 18.4 Å². The molecule has 0 saturated carbocycles. The van der Waals surface area contributed by atoms with Crippen LogP contribution in [0.25, 0.3) is 0 Å². The van der Waals surface area contributed by atoms with Crippen molar-refractivity contribution in [3.05, 3.63) is 29.1 Å². The number of benzene rings is 1. The molecule has 1 aromatic rings. The van der Waals surface area contributed by atoms with Gasteiger partial charge in [-0.1, -0.05) is 0 Å². The van der Waals surface area contributed by atoms with Gasteiger partial charge in [-0.3, -0.25) is 4.79 Å². The molecule has 20 heavy (non-hydrogen) atoms. The smallest absolute Gasteiger partial charge is 0.399 e. The zero-order valence-corrected chi connectivity index (χ0v) is 12.2. The maximum absolute atomic E-state index is 14.3. The second kappa shape index (κ2) is 4.15. The van der Waals surface area contributed by atoms with Gasteiger partial charge in [0.15, 0.2) is 5.78 Å². The topological polar surface area (TPSA) is 35.5 Å². The molecule has 1 saturated heterocycles. The molecule has 1 aromatic carbocycles. The molecule has 106 valence electrons. The van der Waals surface area contributed by atoms with E-state index in [1.807, 2.05) is 27.7 Å². The van der Waals surface area contributed by atoms with Gasteiger partial charge in [-0.15, -0.1) is 0 Å². The number of rotatable bonds is 1. The van der Waals surface area contributed by atoms with Crippen LogP contribution >= 0.6 is 0 Å². The Morgan fingerprint density at radius 1 is 1.10 bits per heavy atom. The van der Waals surface area contributed by atoms with Gasteiger partial charge in [0.1, 0.15) is 5.82 Å². The second-order valence-corrected chi connectivity index (χ2v) is 6.50. The summed E-state index contributed by atoms with van der Waals surface area (Å²) < 4.78 is 26.1. The first-order valence-corrected chi connectivity index (χ1v) is 6.93. The van der Waals surface area contributed by atoms with Gasteiger partial charge in [0, 0.05) is 17.4 Å². The Labute approximate surface area is 118 Å². The van der Waals surface area contributed by atoms with Crippen molar-refractivity contribution in [2.75, 3.05) is 0 Å². The third-order valence-corrected chi connectivity index (χ3v) is 4.70. The van der Waals surface area contributed by atoms with Crippen LogP contribution in [-0.4, -0.2) is 24.1 Å². The fraction of sp³-hybridized carbons (Fsp3) is 0.533. The first-order chi connectivity index (χ1) is 9.23. The van der Waals surface area contributed by atoms with E-state index in [0.29, 0.717) is 23.9 Å². The number of hydrogen-bond acceptors (Lipinski definition) is 3. The predicted octanol–water partition coefficient (Wildman–Crippen LogP) is 2.25. The highest BCUT2D eigenvalue weighted by Crippen LogP contribution is 2.37. The Kier molecular flexibility index (Phi) is 2.86. The summed E-state index contributed by atoms with van der Waals surface area (Å²) in [7, 11) is -0.749. The molecule has 1 aliphatic heterocycles. The molecule has 0 atom stereocenters. The minimum absolute atomic E-state index is 0.0674. The summed E-state index contributed by atoms with van der Waals surface area (Å²) in [6.45, 7) is 7.72. The average Bonchev–Trinajstić information content (AvgIpc) is 2.78. The Balaban J connectivity index is 2.07. The maximum Gasteiger partial charge on any atom is 0.498 e. The normalized spacial score (nSPS) is 23.2. The molecule has 2 aliphatic rings. The molecule has 3 nitrogen and oxygen atoms in total. The molecule has 1 aliphatic carbocycles. The summed E-state index contributed by atoms with van der Waals surface area (Å²) >= 11 is 0. The van der Waals surface area contributed by atoms with Gasteiger partial charge in [0.05, 0.1) is 11.2 Å². The second-order valence-electron chi connectivity index (χ2n) is 6.50. The molecule has 0 spiro atoms. The number of ketones is 1. The summed E-state index contributed by atoms with van der Waals surface area (Å²) in [4.78, 5) is 11.8. The molecule has 0 N–H and O–H groups in total. The number of hydrogen-bond donors (Lipinski definition) is 0. The lowest BCUT2D eigenvalue weighted by Gasteiger charge is -2.32. The number of fused-ring (bicyclic) bond motifs is 1. The van der Waals surface area contributed by atoms with E-state index in [1.54, 1.807) is 6.07 Å². The predicted molar refractivity (Wildman–Crippen MR) is 74.8 cm³/mol. The highest BCUT2D eigenvalue weighted by atomic mass is 19.1. The molecular weight excluding hydrogens is 258 g/mol. The van der Waals surface area contributed by atoms with Crippen LogP contribution in [0.3, 0.4) is 0 Å². The summed E-state index contributed by atoms with van der Waals surface area (Å²) in [6.07, 6.45) is 0.997. The molecule has 0 radical (unpaired) electrons. The van der Waals surface area contributed by atoms with Gasteiger partial charge >= 0.3 is 7.12 Å². The van der Waals surface area contributed by atoms with Crippen LogP contribution in [0, 0.1) is 5.82 Å². The largest absolute Gasteiger partial charge is 0.498 e. The number of Topliss-reactive ketones (excluding diaryl/α,β-unsaturated/α-hetero) is 1. The van der Waals surface area contributed by atoms with Crippen LogP contribution < -0.4 is 5.46 Å². The van der Waals surface area contributed by atoms with Gasteiger partial charge in [-0.2, -0.15) is 0 Å². The van der Waals surface area contributed by atoms with Crippen molar-refractivity contribution in [1.82, 2.24) is 0 Å². The van der Waals surface area contributed by atoms with E-state index in [4.69, 9.17) is 9.31 Å². The first kappa shape index (κ1) is 13.8. The Morgan fingerprint density at radius 2 is 1.70 bits per heavy atom. The highest BCUT2D eigenvalue weighted by Gasteiger charge is 2.53. The molecule has 5 heteroatoms. The zero-order valence-electron chi connectivity index (χ0n) is 12.2. The quantitative estimate of drug-likeness (QED) is 0.738. The summed E-state index contributed by atoms with van der Waals surface area (Å²) in [5, 5.41) is 0. The van der Waals surface area contributed by atoms with Crippen LogP contribution in [0.2, 0.25) is 0 Å². The molecule has 1 fully saturated rings. The highest BCUT2D eigenvalue weighted by molar-refractivity contribution is 6.63. The Morgan fingerprint density at radius 3 is 2.30 bits per heavy atom. The minimum atomic E-state index is -0.749. The van der Waals surface area contributed by atoms with Crippen LogP contribution in [-0.2, 0) is 15.7 Å². The molecule has 0 unspecified atom stereocenters. The fourth-order valence-corrected chi connectivity index (χ4v) is 2.76. The Hall–Kier alpha value is -1.20. The van der Waals surface area contributed by atoms with Gasteiger partial charge in [-0.05, 0) is 51.8 Å². The summed E-state index contributed by atoms with van der Waals surface area (Å²) in [5.74, 6) is -0.297. The number of halogens is 1. The van der Waals surface area contributed by atoms with Crippen molar-refractivity contribution < 1.29 is 18.5 Å². The van der Waals surface area contributed by atoms with E-state index < -0.39 is 18.3 Å².